The summed E-state index contributed by atoms with van der Waals surface area (Å²) in [7, 11) is 3.49. The smallest absolute Gasteiger partial charge is 0.191 e. The fourth-order valence-electron chi connectivity index (χ4n) is 3.72. The van der Waals surface area contributed by atoms with Gasteiger partial charge in [0.25, 0.3) is 0 Å². The minimum atomic E-state index is 0.293. The van der Waals surface area contributed by atoms with Crippen molar-refractivity contribution in [2.75, 3.05) is 53.6 Å². The van der Waals surface area contributed by atoms with Crippen molar-refractivity contribution in [2.24, 2.45) is 4.99 Å². The van der Waals surface area contributed by atoms with E-state index in [9.17, 15) is 0 Å². The van der Waals surface area contributed by atoms with Gasteiger partial charge in [-0.1, -0.05) is 12.1 Å². The van der Waals surface area contributed by atoms with Gasteiger partial charge >= 0.3 is 0 Å². The quantitative estimate of drug-likeness (QED) is 0.523. The van der Waals surface area contributed by atoms with Gasteiger partial charge in [-0.3, -0.25) is 9.89 Å². The maximum atomic E-state index is 6.31. The lowest BCUT2D eigenvalue weighted by Gasteiger charge is -2.26. The lowest BCUT2D eigenvalue weighted by Crippen LogP contribution is -2.44. The molecule has 28 heavy (non-hydrogen) atoms. The molecule has 0 aromatic heterocycles. The topological polar surface area (TPSA) is 67.4 Å². The van der Waals surface area contributed by atoms with Gasteiger partial charge in [0.05, 0.1) is 26.4 Å². The number of hydrogen-bond acceptors (Lipinski definition) is 5. The molecule has 0 unspecified atom stereocenters. The number of ether oxygens (including phenoxy) is 3. The van der Waals surface area contributed by atoms with E-state index in [1.165, 1.54) is 12.8 Å². The van der Waals surface area contributed by atoms with E-state index in [0.29, 0.717) is 12.6 Å². The predicted octanol–water partition coefficient (Wildman–Crippen LogP) is 2.01. The number of morpholine rings is 1. The zero-order valence-corrected chi connectivity index (χ0v) is 17.2. The summed E-state index contributed by atoms with van der Waals surface area (Å²) in [5, 5.41) is 6.79. The van der Waals surface area contributed by atoms with Gasteiger partial charge in [-0.15, -0.1) is 0 Å². The Kier molecular flexibility index (Phi) is 8.23. The monoisotopic (exact) mass is 390 g/mol. The third kappa shape index (κ3) is 6.01. The second-order valence-corrected chi connectivity index (χ2v) is 7.28. The van der Waals surface area contributed by atoms with Crippen LogP contribution >= 0.6 is 0 Å². The number of aliphatic imine (C=N–C) groups is 1. The number of nitrogens with zero attached hydrogens (tertiary/aromatic N) is 2. The molecule has 1 aromatic rings. The van der Waals surface area contributed by atoms with Crippen molar-refractivity contribution in [3.05, 3.63) is 23.8 Å². The standard InChI is InChI=1S/C21H34N4O3/c1-22-21(23-10-11-25-12-14-27-15-13-25)24-16-17-6-5-9-19(26-2)20(17)28-18-7-3-4-8-18/h5-6,9,18H,3-4,7-8,10-16H2,1-2H3,(H2,22,23,24). The van der Waals surface area contributed by atoms with Crippen molar-refractivity contribution in [3.8, 4) is 11.5 Å². The number of hydrogen-bond donors (Lipinski definition) is 2. The summed E-state index contributed by atoms with van der Waals surface area (Å²) in [6, 6.07) is 6.05. The number of nitrogens with one attached hydrogen (secondary N) is 2. The lowest BCUT2D eigenvalue weighted by molar-refractivity contribution is 0.0389. The van der Waals surface area contributed by atoms with Gasteiger partial charge in [0.15, 0.2) is 17.5 Å². The summed E-state index contributed by atoms with van der Waals surface area (Å²) in [5.74, 6) is 2.44. The Bertz CT molecular complexity index is 626. The number of benzene rings is 1. The molecule has 156 valence electrons. The maximum absolute atomic E-state index is 6.31. The van der Waals surface area contributed by atoms with Crippen LogP contribution in [-0.2, 0) is 11.3 Å². The van der Waals surface area contributed by atoms with Gasteiger partial charge in [0.1, 0.15) is 0 Å². The van der Waals surface area contributed by atoms with E-state index in [4.69, 9.17) is 14.2 Å². The fraction of sp³-hybridized carbons (Fsp3) is 0.667. The lowest BCUT2D eigenvalue weighted by atomic mass is 10.1. The zero-order chi connectivity index (χ0) is 19.6. The Labute approximate surface area is 168 Å². The van der Waals surface area contributed by atoms with Crippen molar-refractivity contribution in [2.45, 2.75) is 38.3 Å². The summed E-state index contributed by atoms with van der Waals surface area (Å²) >= 11 is 0. The number of rotatable bonds is 8. The van der Waals surface area contributed by atoms with Gasteiger partial charge < -0.3 is 24.8 Å². The van der Waals surface area contributed by atoms with Crippen LogP contribution in [-0.4, -0.2) is 70.5 Å². The average Bonchev–Trinajstić information content (AvgIpc) is 3.25. The second kappa shape index (κ2) is 11.1. The van der Waals surface area contributed by atoms with Crippen LogP contribution in [0.4, 0.5) is 0 Å². The van der Waals surface area contributed by atoms with Crippen LogP contribution in [0.3, 0.4) is 0 Å². The van der Waals surface area contributed by atoms with Crippen LogP contribution in [0.1, 0.15) is 31.2 Å². The summed E-state index contributed by atoms with van der Waals surface area (Å²) in [5.41, 5.74) is 1.09. The van der Waals surface area contributed by atoms with E-state index in [0.717, 1.165) is 75.3 Å². The van der Waals surface area contributed by atoms with E-state index in [1.807, 2.05) is 12.1 Å². The van der Waals surface area contributed by atoms with E-state index >= 15 is 0 Å². The molecule has 2 fully saturated rings. The van der Waals surface area contributed by atoms with Crippen molar-refractivity contribution in [1.82, 2.24) is 15.5 Å². The molecule has 1 saturated carbocycles. The van der Waals surface area contributed by atoms with Gasteiger partial charge in [-0.25, -0.2) is 0 Å². The number of guanidine groups is 1. The van der Waals surface area contributed by atoms with E-state index in [2.05, 4.69) is 26.6 Å². The largest absolute Gasteiger partial charge is 0.493 e. The highest BCUT2D eigenvalue weighted by Crippen LogP contribution is 2.34. The van der Waals surface area contributed by atoms with Crippen LogP contribution in [0.25, 0.3) is 0 Å². The van der Waals surface area contributed by atoms with Crippen LogP contribution in [0.5, 0.6) is 11.5 Å². The van der Waals surface area contributed by atoms with Crippen LogP contribution in [0, 0.1) is 0 Å². The molecule has 1 heterocycles. The minimum absolute atomic E-state index is 0.293. The zero-order valence-electron chi connectivity index (χ0n) is 17.2. The molecule has 0 amide bonds. The first-order chi connectivity index (χ1) is 13.8. The molecule has 1 aromatic carbocycles. The second-order valence-electron chi connectivity index (χ2n) is 7.28. The molecule has 2 aliphatic rings. The highest BCUT2D eigenvalue weighted by Gasteiger charge is 2.20. The van der Waals surface area contributed by atoms with Crippen molar-refractivity contribution >= 4 is 5.96 Å². The van der Waals surface area contributed by atoms with E-state index in [1.54, 1.807) is 14.2 Å². The molecule has 0 radical (unpaired) electrons. The first-order valence-electron chi connectivity index (χ1n) is 10.4. The molecule has 0 spiro atoms. The fourth-order valence-corrected chi connectivity index (χ4v) is 3.72. The molecule has 0 bridgehead atoms. The molecule has 1 aliphatic heterocycles. The van der Waals surface area contributed by atoms with Crippen LogP contribution < -0.4 is 20.1 Å². The van der Waals surface area contributed by atoms with Crippen LogP contribution in [0.15, 0.2) is 23.2 Å². The Morgan fingerprint density at radius 3 is 2.71 bits per heavy atom. The Morgan fingerprint density at radius 1 is 1.21 bits per heavy atom. The summed E-state index contributed by atoms with van der Waals surface area (Å²) in [6.07, 6.45) is 5.02. The highest BCUT2D eigenvalue weighted by molar-refractivity contribution is 5.79. The first-order valence-corrected chi connectivity index (χ1v) is 10.4. The third-order valence-electron chi connectivity index (χ3n) is 5.36. The first kappa shape index (κ1) is 20.7. The van der Waals surface area contributed by atoms with Gasteiger partial charge in [0, 0.05) is 45.3 Å². The maximum Gasteiger partial charge on any atom is 0.191 e. The van der Waals surface area contributed by atoms with E-state index in [-0.39, 0.29) is 0 Å². The third-order valence-corrected chi connectivity index (χ3v) is 5.36. The molecular weight excluding hydrogens is 356 g/mol. The number of methoxy groups -OCH3 is 1. The molecule has 3 rings (SSSR count). The number of para-hydroxylation sites is 1. The van der Waals surface area contributed by atoms with Gasteiger partial charge in [-0.2, -0.15) is 0 Å². The Balaban J connectivity index is 1.52. The Hall–Kier alpha value is -1.99. The molecular formula is C21H34N4O3. The van der Waals surface area contributed by atoms with Crippen molar-refractivity contribution < 1.29 is 14.2 Å². The minimum Gasteiger partial charge on any atom is -0.493 e. The summed E-state index contributed by atoms with van der Waals surface area (Å²) < 4.78 is 17.3. The Morgan fingerprint density at radius 2 is 2.00 bits per heavy atom. The molecule has 7 heteroatoms. The summed E-state index contributed by atoms with van der Waals surface area (Å²) in [6.45, 7) is 6.12. The molecule has 2 N–H and O–H groups in total. The van der Waals surface area contributed by atoms with E-state index < -0.39 is 0 Å². The summed E-state index contributed by atoms with van der Waals surface area (Å²) in [4.78, 5) is 6.74. The molecule has 0 atom stereocenters. The SMILES string of the molecule is CN=C(NCCN1CCOCC1)NCc1cccc(OC)c1OC1CCCC1. The molecule has 7 nitrogen and oxygen atoms in total. The normalized spacial score (nSPS) is 18.9. The van der Waals surface area contributed by atoms with Crippen LogP contribution in [0.2, 0.25) is 0 Å². The average molecular weight is 391 g/mol. The molecule has 1 aliphatic carbocycles. The molecule has 1 saturated heterocycles. The van der Waals surface area contributed by atoms with Crippen molar-refractivity contribution in [1.29, 1.82) is 0 Å². The van der Waals surface area contributed by atoms with Gasteiger partial charge in [-0.05, 0) is 31.7 Å². The predicted molar refractivity (Wildman–Crippen MR) is 111 cm³/mol. The highest BCUT2D eigenvalue weighted by atomic mass is 16.5. The van der Waals surface area contributed by atoms with Crippen molar-refractivity contribution in [3.63, 3.8) is 0 Å². The van der Waals surface area contributed by atoms with Gasteiger partial charge in [0.2, 0.25) is 0 Å².